The zero-order valence-corrected chi connectivity index (χ0v) is 9.51. The fourth-order valence-corrected chi connectivity index (χ4v) is 2.45. The molecule has 3 heteroatoms. The zero-order chi connectivity index (χ0) is 12.7. The predicted octanol–water partition coefficient (Wildman–Crippen LogP) is 2.53. The molecule has 18 heavy (non-hydrogen) atoms. The summed E-state index contributed by atoms with van der Waals surface area (Å²) >= 11 is 0. The summed E-state index contributed by atoms with van der Waals surface area (Å²) in [5.41, 5.74) is 3.52. The molecule has 88 valence electrons. The Bertz CT molecular complexity index is 671. The largest absolute Gasteiger partial charge is 0.481 e. The van der Waals surface area contributed by atoms with Crippen molar-refractivity contribution in [1.29, 1.82) is 0 Å². The van der Waals surface area contributed by atoms with E-state index in [9.17, 15) is 9.59 Å². The topological polar surface area (TPSA) is 54.4 Å². The number of benzene rings is 2. The van der Waals surface area contributed by atoms with Crippen LogP contribution in [0.25, 0.3) is 11.1 Å². The molecule has 1 N–H and O–H groups in total. The number of hydrogen-bond donors (Lipinski definition) is 1. The van der Waals surface area contributed by atoms with Crippen molar-refractivity contribution in [2.45, 2.75) is 6.42 Å². The van der Waals surface area contributed by atoms with Crippen molar-refractivity contribution < 1.29 is 14.7 Å². The minimum Gasteiger partial charge on any atom is -0.481 e. The van der Waals surface area contributed by atoms with Gasteiger partial charge in [0.15, 0.2) is 5.78 Å². The van der Waals surface area contributed by atoms with E-state index in [1.165, 1.54) is 0 Å². The lowest BCUT2D eigenvalue weighted by molar-refractivity contribution is -0.136. The number of carbonyl (C=O) groups is 2. The maximum atomic E-state index is 12.3. The van der Waals surface area contributed by atoms with E-state index in [-0.39, 0.29) is 12.2 Å². The molecule has 0 spiro atoms. The number of ketones is 1. The molecule has 0 radical (unpaired) electrons. The van der Waals surface area contributed by atoms with Gasteiger partial charge in [0.1, 0.15) is 0 Å². The molecule has 2 aromatic rings. The molecular weight excluding hydrogens is 228 g/mol. The lowest BCUT2D eigenvalue weighted by Crippen LogP contribution is -2.06. The number of fused-ring (bicyclic) bond motifs is 3. The summed E-state index contributed by atoms with van der Waals surface area (Å²) in [5, 5.41) is 8.89. The molecule has 0 heterocycles. The van der Waals surface area contributed by atoms with Crippen LogP contribution in [0.15, 0.2) is 42.5 Å². The Morgan fingerprint density at radius 1 is 0.944 bits per heavy atom. The molecular formula is C15H10O3. The molecule has 1 aliphatic carbocycles. The summed E-state index contributed by atoms with van der Waals surface area (Å²) in [6, 6.07) is 12.7. The first-order valence-electron chi connectivity index (χ1n) is 5.66. The Kier molecular flexibility index (Phi) is 2.27. The summed E-state index contributed by atoms with van der Waals surface area (Å²) in [7, 11) is 0. The molecule has 0 aliphatic heterocycles. The van der Waals surface area contributed by atoms with Gasteiger partial charge >= 0.3 is 5.97 Å². The number of aliphatic carboxylic acids is 1. The Hall–Kier alpha value is -2.42. The van der Waals surface area contributed by atoms with Crippen LogP contribution in [-0.2, 0) is 11.2 Å². The van der Waals surface area contributed by atoms with Crippen LogP contribution in [0.2, 0.25) is 0 Å². The SMILES string of the molecule is O=C(O)Cc1cccc2c1C(=O)c1ccccc1-2. The van der Waals surface area contributed by atoms with Crippen LogP contribution in [-0.4, -0.2) is 16.9 Å². The van der Waals surface area contributed by atoms with Gasteiger partial charge < -0.3 is 5.11 Å². The summed E-state index contributed by atoms with van der Waals surface area (Å²) in [5.74, 6) is -0.996. The van der Waals surface area contributed by atoms with Gasteiger partial charge in [0.2, 0.25) is 0 Å². The Balaban J connectivity index is 2.24. The Morgan fingerprint density at radius 3 is 2.33 bits per heavy atom. The highest BCUT2D eigenvalue weighted by atomic mass is 16.4. The second-order valence-electron chi connectivity index (χ2n) is 4.28. The molecule has 1 aliphatic rings. The fraction of sp³-hybridized carbons (Fsp3) is 0.0667. The van der Waals surface area contributed by atoms with Crippen LogP contribution < -0.4 is 0 Å². The first-order valence-corrected chi connectivity index (χ1v) is 5.66. The Labute approximate surface area is 104 Å². The molecule has 0 saturated carbocycles. The van der Waals surface area contributed by atoms with Crippen LogP contribution in [0.5, 0.6) is 0 Å². The molecule has 0 aromatic heterocycles. The summed E-state index contributed by atoms with van der Waals surface area (Å²) < 4.78 is 0. The highest BCUT2D eigenvalue weighted by Gasteiger charge is 2.28. The van der Waals surface area contributed by atoms with Crippen molar-refractivity contribution in [3.05, 3.63) is 59.2 Å². The average molecular weight is 238 g/mol. The zero-order valence-electron chi connectivity index (χ0n) is 9.51. The quantitative estimate of drug-likeness (QED) is 0.746. The number of carboxylic acids is 1. The lowest BCUT2D eigenvalue weighted by atomic mass is 9.99. The van der Waals surface area contributed by atoms with Crippen molar-refractivity contribution >= 4 is 11.8 Å². The van der Waals surface area contributed by atoms with Crippen molar-refractivity contribution in [3.63, 3.8) is 0 Å². The van der Waals surface area contributed by atoms with Gasteiger partial charge in [-0.25, -0.2) is 0 Å². The van der Waals surface area contributed by atoms with Gasteiger partial charge in [-0.3, -0.25) is 9.59 Å². The van der Waals surface area contributed by atoms with Crippen LogP contribution >= 0.6 is 0 Å². The summed E-state index contributed by atoms with van der Waals surface area (Å²) in [6.45, 7) is 0. The molecule has 3 rings (SSSR count). The van der Waals surface area contributed by atoms with Crippen LogP contribution in [0.3, 0.4) is 0 Å². The first-order chi connectivity index (χ1) is 8.68. The van der Waals surface area contributed by atoms with Gasteiger partial charge in [0.25, 0.3) is 0 Å². The lowest BCUT2D eigenvalue weighted by Gasteiger charge is -2.04. The maximum Gasteiger partial charge on any atom is 0.307 e. The molecule has 0 atom stereocenters. The predicted molar refractivity (Wildman–Crippen MR) is 66.7 cm³/mol. The number of hydrogen-bond acceptors (Lipinski definition) is 2. The smallest absolute Gasteiger partial charge is 0.307 e. The van der Waals surface area contributed by atoms with Gasteiger partial charge in [0, 0.05) is 11.1 Å². The van der Waals surface area contributed by atoms with Crippen LogP contribution in [0.1, 0.15) is 21.5 Å². The third-order valence-electron chi connectivity index (χ3n) is 3.18. The van der Waals surface area contributed by atoms with Crippen LogP contribution in [0, 0.1) is 0 Å². The maximum absolute atomic E-state index is 12.3. The standard InChI is InChI=1S/C15H10O3/c16-13(17)8-9-4-3-7-11-10-5-1-2-6-12(10)15(18)14(9)11/h1-7H,8H2,(H,16,17). The fourth-order valence-electron chi connectivity index (χ4n) is 2.45. The van der Waals surface area contributed by atoms with Crippen molar-refractivity contribution in [2.24, 2.45) is 0 Å². The minimum absolute atomic E-state index is 0.0718. The molecule has 0 bridgehead atoms. The van der Waals surface area contributed by atoms with Crippen LogP contribution in [0.4, 0.5) is 0 Å². The van der Waals surface area contributed by atoms with Crippen molar-refractivity contribution in [1.82, 2.24) is 0 Å². The number of rotatable bonds is 2. The minimum atomic E-state index is -0.924. The van der Waals surface area contributed by atoms with E-state index in [1.807, 2.05) is 24.3 Å². The molecule has 0 unspecified atom stereocenters. The van der Waals surface area contributed by atoms with Gasteiger partial charge in [-0.15, -0.1) is 0 Å². The normalized spacial score (nSPS) is 12.1. The van der Waals surface area contributed by atoms with Gasteiger partial charge in [-0.05, 0) is 16.7 Å². The second kappa shape index (κ2) is 3.81. The molecule has 0 fully saturated rings. The Morgan fingerprint density at radius 2 is 1.61 bits per heavy atom. The summed E-state index contributed by atoms with van der Waals surface area (Å²) in [4.78, 5) is 23.1. The van der Waals surface area contributed by atoms with Crippen molar-refractivity contribution in [2.75, 3.05) is 0 Å². The monoisotopic (exact) mass is 238 g/mol. The third kappa shape index (κ3) is 1.44. The van der Waals surface area contributed by atoms with Crippen molar-refractivity contribution in [3.8, 4) is 11.1 Å². The highest BCUT2D eigenvalue weighted by molar-refractivity contribution is 6.22. The number of carbonyl (C=O) groups excluding carboxylic acids is 1. The van der Waals surface area contributed by atoms with E-state index in [2.05, 4.69) is 0 Å². The molecule has 2 aromatic carbocycles. The third-order valence-corrected chi connectivity index (χ3v) is 3.18. The molecule has 0 saturated heterocycles. The van der Waals surface area contributed by atoms with E-state index >= 15 is 0 Å². The molecule has 3 nitrogen and oxygen atoms in total. The highest BCUT2D eigenvalue weighted by Crippen LogP contribution is 2.38. The van der Waals surface area contributed by atoms with E-state index in [4.69, 9.17) is 5.11 Å². The van der Waals surface area contributed by atoms with E-state index in [0.717, 1.165) is 11.1 Å². The van der Waals surface area contributed by atoms with Gasteiger partial charge in [-0.2, -0.15) is 0 Å². The molecule has 0 amide bonds. The second-order valence-corrected chi connectivity index (χ2v) is 4.28. The van der Waals surface area contributed by atoms with E-state index in [0.29, 0.717) is 16.7 Å². The van der Waals surface area contributed by atoms with Gasteiger partial charge in [0.05, 0.1) is 6.42 Å². The summed E-state index contributed by atoms with van der Waals surface area (Å²) in [6.07, 6.45) is -0.122. The first kappa shape index (κ1) is 10.7. The number of carboxylic acid groups (broad SMARTS) is 1. The van der Waals surface area contributed by atoms with E-state index in [1.54, 1.807) is 18.2 Å². The van der Waals surface area contributed by atoms with Gasteiger partial charge in [-0.1, -0.05) is 42.5 Å². The van der Waals surface area contributed by atoms with E-state index < -0.39 is 5.97 Å². The average Bonchev–Trinajstić information content (AvgIpc) is 2.65.